The van der Waals surface area contributed by atoms with E-state index in [0.717, 1.165) is 23.6 Å². The van der Waals surface area contributed by atoms with Gasteiger partial charge in [0, 0.05) is 29.7 Å². The van der Waals surface area contributed by atoms with E-state index in [1.54, 1.807) is 11.8 Å². The fraction of sp³-hybridized carbons (Fsp3) is 0.583. The molecule has 0 aliphatic carbocycles. The first-order valence-corrected chi connectivity index (χ1v) is 6.55. The SMILES string of the molecule is CC(N)c1cccnc1SC1CCOC1C. The van der Waals surface area contributed by atoms with E-state index in [1.807, 2.05) is 19.2 Å². The Hall–Kier alpha value is -0.580. The quantitative estimate of drug-likeness (QED) is 0.878. The highest BCUT2D eigenvalue weighted by atomic mass is 32.2. The van der Waals surface area contributed by atoms with Crippen molar-refractivity contribution in [1.29, 1.82) is 0 Å². The van der Waals surface area contributed by atoms with Crippen molar-refractivity contribution in [3.8, 4) is 0 Å². The maximum Gasteiger partial charge on any atom is 0.101 e. The molecule has 16 heavy (non-hydrogen) atoms. The average molecular weight is 238 g/mol. The Morgan fingerprint density at radius 1 is 1.62 bits per heavy atom. The van der Waals surface area contributed by atoms with Gasteiger partial charge in [-0.1, -0.05) is 17.8 Å². The molecule has 1 aromatic rings. The molecule has 1 aliphatic rings. The van der Waals surface area contributed by atoms with E-state index in [0.29, 0.717) is 11.4 Å². The first-order valence-electron chi connectivity index (χ1n) is 5.67. The molecule has 1 fully saturated rings. The van der Waals surface area contributed by atoms with E-state index >= 15 is 0 Å². The molecule has 0 saturated carbocycles. The van der Waals surface area contributed by atoms with Crippen LogP contribution in [0.25, 0.3) is 0 Å². The molecular weight excluding hydrogens is 220 g/mol. The van der Waals surface area contributed by atoms with Gasteiger partial charge in [0.15, 0.2) is 0 Å². The Labute approximate surface area is 101 Å². The summed E-state index contributed by atoms with van der Waals surface area (Å²) in [5.41, 5.74) is 7.07. The monoisotopic (exact) mass is 238 g/mol. The maximum atomic E-state index is 5.94. The lowest BCUT2D eigenvalue weighted by molar-refractivity contribution is 0.127. The fourth-order valence-electron chi connectivity index (χ4n) is 1.86. The summed E-state index contributed by atoms with van der Waals surface area (Å²) in [4.78, 5) is 4.43. The number of hydrogen-bond donors (Lipinski definition) is 1. The number of pyridine rings is 1. The van der Waals surface area contributed by atoms with Crippen LogP contribution in [0.3, 0.4) is 0 Å². The van der Waals surface area contributed by atoms with Crippen molar-refractivity contribution in [3.63, 3.8) is 0 Å². The molecule has 0 aromatic carbocycles. The van der Waals surface area contributed by atoms with Gasteiger partial charge < -0.3 is 10.5 Å². The molecule has 88 valence electrons. The third-order valence-corrected chi connectivity index (χ3v) is 4.35. The standard InChI is InChI=1S/C12H18N2OS/c1-8(13)10-4-3-6-14-12(10)16-11-5-7-15-9(11)2/h3-4,6,8-9,11H,5,7,13H2,1-2H3. The Bertz CT molecular complexity index is 357. The molecule has 0 amide bonds. The maximum absolute atomic E-state index is 5.94. The van der Waals surface area contributed by atoms with Crippen LogP contribution in [0.5, 0.6) is 0 Å². The predicted octanol–water partition coefficient (Wildman–Crippen LogP) is 2.37. The highest BCUT2D eigenvalue weighted by Crippen LogP contribution is 2.34. The smallest absolute Gasteiger partial charge is 0.101 e. The second-order valence-electron chi connectivity index (χ2n) is 4.21. The molecule has 0 radical (unpaired) electrons. The summed E-state index contributed by atoms with van der Waals surface area (Å²) in [5.74, 6) is 0. The summed E-state index contributed by atoms with van der Waals surface area (Å²) in [6, 6.07) is 4.03. The number of nitrogens with two attached hydrogens (primary N) is 1. The zero-order valence-corrected chi connectivity index (χ0v) is 10.5. The van der Waals surface area contributed by atoms with Gasteiger partial charge >= 0.3 is 0 Å². The Morgan fingerprint density at radius 3 is 3.06 bits per heavy atom. The summed E-state index contributed by atoms with van der Waals surface area (Å²) < 4.78 is 5.56. The summed E-state index contributed by atoms with van der Waals surface area (Å²) in [5, 5.41) is 1.56. The Balaban J connectivity index is 2.14. The number of hydrogen-bond acceptors (Lipinski definition) is 4. The van der Waals surface area contributed by atoms with Crippen LogP contribution in [0.4, 0.5) is 0 Å². The van der Waals surface area contributed by atoms with Crippen molar-refractivity contribution in [1.82, 2.24) is 4.98 Å². The van der Waals surface area contributed by atoms with Crippen LogP contribution in [-0.4, -0.2) is 22.9 Å². The first-order chi connectivity index (χ1) is 7.68. The van der Waals surface area contributed by atoms with Crippen molar-refractivity contribution >= 4 is 11.8 Å². The number of thioether (sulfide) groups is 1. The van der Waals surface area contributed by atoms with Gasteiger partial charge in [-0.15, -0.1) is 0 Å². The van der Waals surface area contributed by atoms with Gasteiger partial charge in [-0.3, -0.25) is 0 Å². The lowest BCUT2D eigenvalue weighted by atomic mass is 10.2. The van der Waals surface area contributed by atoms with E-state index < -0.39 is 0 Å². The molecule has 2 rings (SSSR count). The Morgan fingerprint density at radius 2 is 2.44 bits per heavy atom. The highest BCUT2D eigenvalue weighted by Gasteiger charge is 2.26. The van der Waals surface area contributed by atoms with Crippen molar-refractivity contribution in [3.05, 3.63) is 23.9 Å². The minimum atomic E-state index is 0.0360. The van der Waals surface area contributed by atoms with Crippen LogP contribution in [-0.2, 0) is 4.74 Å². The van der Waals surface area contributed by atoms with Crippen molar-refractivity contribution in [2.24, 2.45) is 5.73 Å². The Kier molecular flexibility index (Phi) is 3.84. The number of aromatic nitrogens is 1. The fourth-order valence-corrected chi connectivity index (χ4v) is 3.14. The van der Waals surface area contributed by atoms with Gasteiger partial charge in [-0.2, -0.15) is 0 Å². The number of rotatable bonds is 3. The summed E-state index contributed by atoms with van der Waals surface area (Å²) in [6.07, 6.45) is 3.24. The van der Waals surface area contributed by atoms with Crippen LogP contribution >= 0.6 is 11.8 Å². The molecular formula is C12H18N2OS. The third kappa shape index (κ3) is 2.56. The lowest BCUT2D eigenvalue weighted by Crippen LogP contribution is -2.15. The molecule has 2 heterocycles. The van der Waals surface area contributed by atoms with Gasteiger partial charge in [-0.25, -0.2) is 4.98 Å². The molecule has 3 unspecified atom stereocenters. The normalized spacial score (nSPS) is 26.9. The third-order valence-electron chi connectivity index (χ3n) is 2.86. The molecule has 0 bridgehead atoms. The zero-order valence-electron chi connectivity index (χ0n) is 9.72. The highest BCUT2D eigenvalue weighted by molar-refractivity contribution is 8.00. The van der Waals surface area contributed by atoms with E-state index in [4.69, 9.17) is 10.5 Å². The van der Waals surface area contributed by atoms with Gasteiger partial charge in [-0.05, 0) is 26.3 Å². The van der Waals surface area contributed by atoms with Crippen molar-refractivity contribution < 1.29 is 4.74 Å². The van der Waals surface area contributed by atoms with Crippen LogP contribution in [0, 0.1) is 0 Å². The van der Waals surface area contributed by atoms with E-state index in [-0.39, 0.29) is 6.04 Å². The molecule has 4 heteroatoms. The average Bonchev–Trinajstić information content (AvgIpc) is 2.65. The van der Waals surface area contributed by atoms with E-state index in [1.165, 1.54) is 0 Å². The molecule has 1 aliphatic heterocycles. The summed E-state index contributed by atoms with van der Waals surface area (Å²) in [6.45, 7) is 4.98. The van der Waals surface area contributed by atoms with Gasteiger partial charge in [0.25, 0.3) is 0 Å². The van der Waals surface area contributed by atoms with Crippen LogP contribution in [0.15, 0.2) is 23.4 Å². The molecule has 0 spiro atoms. The predicted molar refractivity (Wildman–Crippen MR) is 66.5 cm³/mol. The topological polar surface area (TPSA) is 48.1 Å². The molecule has 3 atom stereocenters. The largest absolute Gasteiger partial charge is 0.377 e. The molecule has 2 N–H and O–H groups in total. The van der Waals surface area contributed by atoms with Gasteiger partial charge in [0.2, 0.25) is 0 Å². The van der Waals surface area contributed by atoms with E-state index in [2.05, 4.69) is 18.0 Å². The molecule has 1 aromatic heterocycles. The van der Waals surface area contributed by atoms with Gasteiger partial charge in [0.1, 0.15) is 5.03 Å². The summed E-state index contributed by atoms with van der Waals surface area (Å²) >= 11 is 1.80. The first kappa shape index (κ1) is 11.9. The number of ether oxygens (including phenoxy) is 1. The molecule has 1 saturated heterocycles. The zero-order chi connectivity index (χ0) is 11.5. The second-order valence-corrected chi connectivity index (χ2v) is 5.44. The van der Waals surface area contributed by atoms with Crippen LogP contribution in [0.2, 0.25) is 0 Å². The van der Waals surface area contributed by atoms with Crippen molar-refractivity contribution in [2.45, 2.75) is 42.7 Å². The minimum Gasteiger partial charge on any atom is -0.377 e. The van der Waals surface area contributed by atoms with Crippen LogP contribution in [0.1, 0.15) is 31.9 Å². The lowest BCUT2D eigenvalue weighted by Gasteiger charge is -2.16. The van der Waals surface area contributed by atoms with Crippen LogP contribution < -0.4 is 5.73 Å². The number of nitrogens with zero attached hydrogens (tertiary/aromatic N) is 1. The second kappa shape index (κ2) is 5.17. The van der Waals surface area contributed by atoms with Crippen molar-refractivity contribution in [2.75, 3.05) is 6.61 Å². The van der Waals surface area contributed by atoms with Gasteiger partial charge in [0.05, 0.1) is 6.10 Å². The molecule has 3 nitrogen and oxygen atoms in total. The van der Waals surface area contributed by atoms with E-state index in [9.17, 15) is 0 Å². The summed E-state index contributed by atoms with van der Waals surface area (Å²) in [7, 11) is 0. The minimum absolute atomic E-state index is 0.0360.